The van der Waals surface area contributed by atoms with E-state index in [4.69, 9.17) is 0 Å². The molecule has 1 saturated heterocycles. The molecule has 0 saturated carbocycles. The lowest BCUT2D eigenvalue weighted by atomic mass is 10.00. The largest absolute Gasteiger partial charge is 0.341 e. The van der Waals surface area contributed by atoms with Crippen molar-refractivity contribution in [2.24, 2.45) is 13.0 Å². The maximum absolute atomic E-state index is 13.1. The lowest BCUT2D eigenvalue weighted by molar-refractivity contribution is 0.101. The summed E-state index contributed by atoms with van der Waals surface area (Å²) in [5, 5.41) is 7.16. The van der Waals surface area contributed by atoms with Crippen molar-refractivity contribution in [1.29, 1.82) is 0 Å². The van der Waals surface area contributed by atoms with E-state index in [1.54, 1.807) is 37.6 Å². The molecule has 0 aliphatic carbocycles. The average molecular weight is 394 g/mol. The van der Waals surface area contributed by atoms with Gasteiger partial charge >= 0.3 is 0 Å². The van der Waals surface area contributed by atoms with Gasteiger partial charge in [0.05, 0.1) is 23.8 Å². The van der Waals surface area contributed by atoms with E-state index in [2.05, 4.69) is 32.2 Å². The summed E-state index contributed by atoms with van der Waals surface area (Å²) in [7, 11) is 1.69. The van der Waals surface area contributed by atoms with Crippen LogP contribution in [0.2, 0.25) is 0 Å². The zero-order valence-electron chi connectivity index (χ0n) is 16.5. The van der Waals surface area contributed by atoms with Gasteiger partial charge in [0.2, 0.25) is 5.95 Å². The maximum Gasteiger partial charge on any atom is 0.274 e. The van der Waals surface area contributed by atoms with Crippen molar-refractivity contribution in [3.8, 4) is 11.3 Å². The highest BCUT2D eigenvalue weighted by Gasteiger charge is 2.19. The minimum atomic E-state index is -0.315. The zero-order valence-corrected chi connectivity index (χ0v) is 16.5. The third-order valence-corrected chi connectivity index (χ3v) is 5.21. The quantitative estimate of drug-likeness (QED) is 0.733. The molecule has 1 N–H and O–H groups in total. The molecule has 4 rings (SSSR count). The third-order valence-electron chi connectivity index (χ3n) is 5.21. The van der Waals surface area contributed by atoms with Gasteiger partial charge in [0.1, 0.15) is 11.5 Å². The predicted octanol–water partition coefficient (Wildman–Crippen LogP) is 3.50. The Morgan fingerprint density at radius 3 is 2.45 bits per heavy atom. The number of hydrogen-bond donors (Lipinski definition) is 1. The van der Waals surface area contributed by atoms with Crippen molar-refractivity contribution in [3.63, 3.8) is 0 Å². The predicted molar refractivity (Wildman–Crippen MR) is 109 cm³/mol. The van der Waals surface area contributed by atoms with Gasteiger partial charge in [-0.3, -0.25) is 9.48 Å². The maximum atomic E-state index is 13.1. The van der Waals surface area contributed by atoms with Gasteiger partial charge in [-0.05, 0) is 49.1 Å². The number of carbonyl (C=O) groups is 1. The molecule has 0 spiro atoms. The van der Waals surface area contributed by atoms with E-state index < -0.39 is 0 Å². The van der Waals surface area contributed by atoms with Crippen LogP contribution in [-0.4, -0.2) is 38.7 Å². The topological polar surface area (TPSA) is 75.9 Å². The van der Waals surface area contributed by atoms with E-state index in [0.29, 0.717) is 23.0 Å². The first-order chi connectivity index (χ1) is 14.0. The highest BCUT2D eigenvalue weighted by molar-refractivity contribution is 6.03. The number of nitrogens with one attached hydrogen (secondary N) is 1. The van der Waals surface area contributed by atoms with Crippen molar-refractivity contribution in [2.45, 2.75) is 19.8 Å². The minimum absolute atomic E-state index is 0.309. The Kier molecular flexibility index (Phi) is 5.24. The minimum Gasteiger partial charge on any atom is -0.341 e. The van der Waals surface area contributed by atoms with Gasteiger partial charge < -0.3 is 10.2 Å². The van der Waals surface area contributed by atoms with Gasteiger partial charge in [-0.15, -0.1) is 0 Å². The van der Waals surface area contributed by atoms with Gasteiger partial charge in [-0.2, -0.15) is 5.10 Å². The summed E-state index contributed by atoms with van der Waals surface area (Å²) in [6.07, 6.45) is 5.52. The first-order valence-corrected chi connectivity index (χ1v) is 9.68. The van der Waals surface area contributed by atoms with E-state index >= 15 is 0 Å². The van der Waals surface area contributed by atoms with Crippen LogP contribution in [0, 0.1) is 11.7 Å². The summed E-state index contributed by atoms with van der Waals surface area (Å²) >= 11 is 0. The molecular formula is C21H23FN6O. The molecule has 3 heterocycles. The molecule has 1 aliphatic heterocycles. The molecule has 1 amide bonds. The number of aryl methyl sites for hydroxylation is 1. The fourth-order valence-corrected chi connectivity index (χ4v) is 3.39. The molecule has 150 valence electrons. The molecule has 8 heteroatoms. The molecule has 0 atom stereocenters. The number of amides is 1. The van der Waals surface area contributed by atoms with Gasteiger partial charge in [-0.25, -0.2) is 14.4 Å². The summed E-state index contributed by atoms with van der Waals surface area (Å²) in [6, 6.07) is 7.67. The normalized spacial score (nSPS) is 14.8. The van der Waals surface area contributed by atoms with Crippen LogP contribution in [-0.2, 0) is 7.05 Å². The van der Waals surface area contributed by atoms with Crippen LogP contribution in [0.3, 0.4) is 0 Å². The molecular weight excluding hydrogens is 371 g/mol. The van der Waals surface area contributed by atoms with E-state index in [1.807, 2.05) is 0 Å². The first-order valence-electron chi connectivity index (χ1n) is 9.68. The van der Waals surface area contributed by atoms with E-state index in [-0.39, 0.29) is 11.7 Å². The van der Waals surface area contributed by atoms with Crippen molar-refractivity contribution < 1.29 is 9.18 Å². The lowest BCUT2D eigenvalue weighted by Gasteiger charge is -2.30. The van der Waals surface area contributed by atoms with Crippen LogP contribution in [0.25, 0.3) is 11.3 Å². The van der Waals surface area contributed by atoms with Gasteiger partial charge in [0, 0.05) is 25.7 Å². The van der Waals surface area contributed by atoms with Crippen LogP contribution in [0.5, 0.6) is 0 Å². The standard InChI is InChI=1S/C21H23FN6O/c1-14-7-9-28(10-8-14)21-23-12-17(13-24-21)25-20(29)19-11-18(26-27(19)2)15-3-5-16(22)6-4-15/h3-6,11-14H,7-10H2,1-2H3,(H,25,29). The van der Waals surface area contributed by atoms with Gasteiger partial charge in [0.15, 0.2) is 0 Å². The summed E-state index contributed by atoms with van der Waals surface area (Å²) in [6.45, 7) is 4.17. The number of nitrogens with zero attached hydrogens (tertiary/aromatic N) is 5. The number of carbonyl (C=O) groups excluding carboxylic acids is 1. The monoisotopic (exact) mass is 394 g/mol. The molecule has 0 bridgehead atoms. The van der Waals surface area contributed by atoms with Crippen LogP contribution in [0.15, 0.2) is 42.7 Å². The summed E-state index contributed by atoms with van der Waals surface area (Å²) in [4.78, 5) is 23.6. The Morgan fingerprint density at radius 2 is 1.79 bits per heavy atom. The smallest absolute Gasteiger partial charge is 0.274 e. The molecule has 1 fully saturated rings. The fourth-order valence-electron chi connectivity index (χ4n) is 3.39. The van der Waals surface area contributed by atoms with E-state index in [1.165, 1.54) is 16.8 Å². The first kappa shape index (κ1) is 19.0. The average Bonchev–Trinajstić information content (AvgIpc) is 3.11. The zero-order chi connectivity index (χ0) is 20.4. The Morgan fingerprint density at radius 1 is 1.14 bits per heavy atom. The van der Waals surface area contributed by atoms with Crippen LogP contribution < -0.4 is 10.2 Å². The summed E-state index contributed by atoms with van der Waals surface area (Å²) < 4.78 is 14.6. The number of benzene rings is 1. The fraction of sp³-hybridized carbons (Fsp3) is 0.333. The number of halogens is 1. The second-order valence-corrected chi connectivity index (χ2v) is 7.44. The van der Waals surface area contributed by atoms with Gasteiger partial charge in [0.25, 0.3) is 5.91 Å². The molecule has 1 aliphatic rings. The Labute approximate surface area is 168 Å². The highest BCUT2D eigenvalue weighted by atomic mass is 19.1. The molecule has 0 radical (unpaired) electrons. The number of piperidine rings is 1. The second kappa shape index (κ2) is 7.98. The second-order valence-electron chi connectivity index (χ2n) is 7.44. The summed E-state index contributed by atoms with van der Waals surface area (Å²) in [5.74, 6) is 0.805. The van der Waals surface area contributed by atoms with Crippen molar-refractivity contribution in [2.75, 3.05) is 23.3 Å². The lowest BCUT2D eigenvalue weighted by Crippen LogP contribution is -2.34. The summed E-state index contributed by atoms with van der Waals surface area (Å²) in [5.41, 5.74) is 2.25. The van der Waals surface area contributed by atoms with E-state index in [0.717, 1.165) is 37.4 Å². The number of hydrogen-bond acceptors (Lipinski definition) is 5. The number of aromatic nitrogens is 4. The molecule has 0 unspecified atom stereocenters. The Bertz CT molecular complexity index is 991. The Balaban J connectivity index is 1.45. The van der Waals surface area contributed by atoms with Crippen LogP contribution in [0.1, 0.15) is 30.3 Å². The molecule has 2 aromatic heterocycles. The van der Waals surface area contributed by atoms with Crippen LogP contribution >= 0.6 is 0 Å². The van der Waals surface area contributed by atoms with Crippen molar-refractivity contribution >= 4 is 17.5 Å². The molecule has 29 heavy (non-hydrogen) atoms. The number of anilines is 2. The highest BCUT2D eigenvalue weighted by Crippen LogP contribution is 2.22. The third kappa shape index (κ3) is 4.26. The van der Waals surface area contributed by atoms with Gasteiger partial charge in [-0.1, -0.05) is 6.92 Å². The van der Waals surface area contributed by atoms with Crippen molar-refractivity contribution in [3.05, 3.63) is 54.2 Å². The molecule has 7 nitrogen and oxygen atoms in total. The van der Waals surface area contributed by atoms with Crippen molar-refractivity contribution in [1.82, 2.24) is 19.7 Å². The van der Waals surface area contributed by atoms with E-state index in [9.17, 15) is 9.18 Å². The Hall–Kier alpha value is -3.29. The number of rotatable bonds is 4. The SMILES string of the molecule is CC1CCN(c2ncc(NC(=O)c3cc(-c4ccc(F)cc4)nn3C)cn2)CC1. The molecule has 3 aromatic rings. The molecule has 1 aromatic carbocycles. The van der Waals surface area contributed by atoms with Crippen LogP contribution in [0.4, 0.5) is 16.0 Å².